The van der Waals surface area contributed by atoms with Crippen LogP contribution in [0.4, 0.5) is 8.78 Å². The Morgan fingerprint density at radius 2 is 1.20 bits per heavy atom. The van der Waals surface area contributed by atoms with Crippen molar-refractivity contribution in [2.24, 2.45) is 0 Å². The summed E-state index contributed by atoms with van der Waals surface area (Å²) < 4.78 is 20.3. The van der Waals surface area contributed by atoms with Gasteiger partial charge in [-0.05, 0) is 0 Å². The molecule has 0 rings (SSSR count). The second-order valence-electron chi connectivity index (χ2n) is 0.252. The summed E-state index contributed by atoms with van der Waals surface area (Å²) in [6.07, 6.45) is -0.333. The minimum Gasteiger partial charge on any atom is -0.213 e. The first-order valence-corrected chi connectivity index (χ1v) is 0.770. The number of hydrogen-bond donors (Lipinski definition) is 0. The molecule has 0 heterocycles. The molecule has 0 aromatic carbocycles. The number of hydrogen-bond acceptors (Lipinski definition) is 0. The molecule has 0 amide bonds. The molecular formula is C2H3F2I. The number of halogens is 3. The highest BCUT2D eigenvalue weighted by Crippen LogP contribution is 1.67. The fraction of sp³-hybridized carbons (Fsp3) is 0. The quantitative estimate of drug-likeness (QED) is 0.515. The lowest BCUT2D eigenvalue weighted by molar-refractivity contribution is 0.645. The molecule has 0 aliphatic rings. The van der Waals surface area contributed by atoms with E-state index in [0.29, 0.717) is 0 Å². The van der Waals surface area contributed by atoms with Crippen LogP contribution in [0.3, 0.4) is 0 Å². The van der Waals surface area contributed by atoms with Gasteiger partial charge in [-0.2, -0.15) is 0 Å². The third kappa shape index (κ3) is 13.3. The van der Waals surface area contributed by atoms with Crippen molar-refractivity contribution in [2.75, 3.05) is 0 Å². The molecule has 3 heteroatoms. The molecule has 0 N–H and O–H groups in total. The van der Waals surface area contributed by atoms with Crippen LogP contribution in [0.25, 0.3) is 0 Å². The summed E-state index contributed by atoms with van der Waals surface area (Å²) in [5, 5.41) is 0. The van der Waals surface area contributed by atoms with Crippen LogP contribution >= 0.6 is 24.0 Å². The fourth-order valence-corrected chi connectivity index (χ4v) is 0. The second-order valence-corrected chi connectivity index (χ2v) is 0.252. The molecule has 0 aromatic rings. The van der Waals surface area contributed by atoms with Crippen molar-refractivity contribution in [2.45, 2.75) is 0 Å². The lowest BCUT2D eigenvalue weighted by Gasteiger charge is -1.42. The highest BCUT2D eigenvalue weighted by atomic mass is 127. The van der Waals surface area contributed by atoms with E-state index in [4.69, 9.17) is 0 Å². The minimum atomic E-state index is -0.167. The van der Waals surface area contributed by atoms with Gasteiger partial charge in [-0.1, -0.05) is 0 Å². The summed E-state index contributed by atoms with van der Waals surface area (Å²) in [5.41, 5.74) is 0. The molecule has 0 saturated carbocycles. The van der Waals surface area contributed by atoms with Crippen molar-refractivity contribution in [3.8, 4) is 0 Å². The largest absolute Gasteiger partial charge is 0.213 e. The second kappa shape index (κ2) is 8.84. The Kier molecular flexibility index (Phi) is 15.9. The van der Waals surface area contributed by atoms with Gasteiger partial charge in [0.25, 0.3) is 0 Å². The van der Waals surface area contributed by atoms with Gasteiger partial charge in [-0.3, -0.25) is 0 Å². The van der Waals surface area contributed by atoms with E-state index in [1.807, 2.05) is 0 Å². The maximum atomic E-state index is 10.2. The van der Waals surface area contributed by atoms with Crippen LogP contribution in [0.1, 0.15) is 0 Å². The van der Waals surface area contributed by atoms with Crippen LogP contribution in [-0.2, 0) is 0 Å². The van der Waals surface area contributed by atoms with Crippen molar-refractivity contribution in [1.29, 1.82) is 0 Å². The van der Waals surface area contributed by atoms with E-state index in [9.17, 15) is 8.78 Å². The van der Waals surface area contributed by atoms with Gasteiger partial charge in [0.1, 0.15) is 12.7 Å². The predicted molar refractivity (Wildman–Crippen MR) is 26.8 cm³/mol. The summed E-state index contributed by atoms with van der Waals surface area (Å²) in [6.45, 7) is 0. The summed E-state index contributed by atoms with van der Waals surface area (Å²) in [5.74, 6) is 0. The number of rotatable bonds is 0. The molecule has 32 valence electrons. The highest BCUT2D eigenvalue weighted by molar-refractivity contribution is 14.0. The third-order valence-electron chi connectivity index (χ3n) is 0.0476. The molecule has 0 bridgehead atoms. The van der Waals surface area contributed by atoms with Crippen molar-refractivity contribution in [1.82, 2.24) is 0 Å². The monoisotopic (exact) mass is 192 g/mol. The molecule has 0 atom stereocenters. The van der Waals surface area contributed by atoms with Gasteiger partial charge in [0.15, 0.2) is 0 Å². The van der Waals surface area contributed by atoms with E-state index in [2.05, 4.69) is 0 Å². The summed E-state index contributed by atoms with van der Waals surface area (Å²) in [4.78, 5) is 0. The van der Waals surface area contributed by atoms with E-state index < -0.39 is 0 Å². The summed E-state index contributed by atoms with van der Waals surface area (Å²) in [7, 11) is 0. The standard InChI is InChI=1S/C2H2F2.HI/c3-1-2-4;/h1-2H;1H. The topological polar surface area (TPSA) is 0 Å². The van der Waals surface area contributed by atoms with Gasteiger partial charge < -0.3 is 0 Å². The van der Waals surface area contributed by atoms with Crippen molar-refractivity contribution in [3.05, 3.63) is 12.7 Å². The average Bonchev–Trinajstić information content (AvgIpc) is 1.37. The first-order valence-electron chi connectivity index (χ1n) is 0.770. The van der Waals surface area contributed by atoms with E-state index in [1.165, 1.54) is 0 Å². The molecule has 0 aliphatic carbocycles. The first kappa shape index (κ1) is 9.01. The molecule has 5 heavy (non-hydrogen) atoms. The van der Waals surface area contributed by atoms with E-state index in [-0.39, 0.29) is 36.6 Å². The SMILES string of the molecule is FC=CF.I. The fourth-order valence-electron chi connectivity index (χ4n) is 0. The maximum absolute atomic E-state index is 10.2. The Morgan fingerprint density at radius 3 is 1.20 bits per heavy atom. The van der Waals surface area contributed by atoms with Gasteiger partial charge in [0.2, 0.25) is 0 Å². The maximum Gasteiger partial charge on any atom is 0.115 e. The van der Waals surface area contributed by atoms with E-state index >= 15 is 0 Å². The summed E-state index contributed by atoms with van der Waals surface area (Å²) in [6, 6.07) is 0. The van der Waals surface area contributed by atoms with Crippen LogP contribution in [0.15, 0.2) is 12.7 Å². The molecule has 0 aromatic heterocycles. The zero-order valence-corrected chi connectivity index (χ0v) is 4.65. The Morgan fingerprint density at radius 1 is 1.00 bits per heavy atom. The Bertz CT molecular complexity index is 22.8. The van der Waals surface area contributed by atoms with Gasteiger partial charge in [-0.15, -0.1) is 24.0 Å². The van der Waals surface area contributed by atoms with E-state index in [0.717, 1.165) is 0 Å². The predicted octanol–water partition coefficient (Wildman–Crippen LogP) is 2.01. The summed E-state index contributed by atoms with van der Waals surface area (Å²) >= 11 is 0. The van der Waals surface area contributed by atoms with Gasteiger partial charge in [-0.25, -0.2) is 8.78 Å². The molecule has 0 saturated heterocycles. The Labute approximate surface area is 45.9 Å². The zero-order chi connectivity index (χ0) is 3.41. The molecule has 0 radical (unpaired) electrons. The van der Waals surface area contributed by atoms with Crippen LogP contribution in [0.2, 0.25) is 0 Å². The molecular weight excluding hydrogens is 189 g/mol. The minimum absolute atomic E-state index is 0. The van der Waals surface area contributed by atoms with Crippen LogP contribution in [-0.4, -0.2) is 0 Å². The average molecular weight is 192 g/mol. The van der Waals surface area contributed by atoms with Crippen molar-refractivity contribution >= 4 is 24.0 Å². The molecule has 0 nitrogen and oxygen atoms in total. The zero-order valence-electron chi connectivity index (χ0n) is 2.32. The normalized spacial score (nSPS) is 7.60. The molecule has 0 spiro atoms. The van der Waals surface area contributed by atoms with Crippen molar-refractivity contribution < 1.29 is 8.78 Å². The lowest BCUT2D eigenvalue weighted by Crippen LogP contribution is -1.18. The Balaban J connectivity index is 0. The van der Waals surface area contributed by atoms with Gasteiger partial charge in [0.05, 0.1) is 0 Å². The third-order valence-corrected chi connectivity index (χ3v) is 0.0476. The molecule has 0 fully saturated rings. The van der Waals surface area contributed by atoms with Crippen molar-refractivity contribution in [3.63, 3.8) is 0 Å². The highest BCUT2D eigenvalue weighted by Gasteiger charge is 1.43. The first-order chi connectivity index (χ1) is 1.91. The lowest BCUT2D eigenvalue weighted by atomic mass is 11.2. The molecule has 0 unspecified atom stereocenters. The smallest absolute Gasteiger partial charge is 0.115 e. The van der Waals surface area contributed by atoms with Crippen LogP contribution in [0.5, 0.6) is 0 Å². The molecule has 0 aliphatic heterocycles. The van der Waals surface area contributed by atoms with E-state index in [1.54, 1.807) is 0 Å². The van der Waals surface area contributed by atoms with Crippen LogP contribution < -0.4 is 0 Å². The Hall–Kier alpha value is 0.330. The van der Waals surface area contributed by atoms with Gasteiger partial charge >= 0.3 is 0 Å². The van der Waals surface area contributed by atoms with Crippen LogP contribution in [0, 0.1) is 0 Å². The van der Waals surface area contributed by atoms with Gasteiger partial charge in [0, 0.05) is 0 Å².